The number of esters is 1. The second kappa shape index (κ2) is 11.0. The summed E-state index contributed by atoms with van der Waals surface area (Å²) in [5.74, 6) is 0.172. The Morgan fingerprint density at radius 1 is 0.968 bits per heavy atom. The van der Waals surface area contributed by atoms with E-state index < -0.39 is 5.97 Å². The van der Waals surface area contributed by atoms with E-state index in [2.05, 4.69) is 5.32 Å². The standard InChI is InChI=1S/C23H26N2O6/c1-2-29-23(28)25-13-11-18(12-14-25)24-21(26)16-30-22(27)17-7-6-10-20(15-17)31-19-8-4-3-5-9-19/h3-10,15,18H,2,11-14,16H2,1H3,(H,24,26). The highest BCUT2D eigenvalue weighted by Crippen LogP contribution is 2.22. The number of piperidine rings is 1. The lowest BCUT2D eigenvalue weighted by molar-refractivity contribution is -0.125. The maximum Gasteiger partial charge on any atom is 0.409 e. The fourth-order valence-electron chi connectivity index (χ4n) is 3.22. The first-order chi connectivity index (χ1) is 15.0. The topological polar surface area (TPSA) is 94.2 Å². The fraction of sp³-hybridized carbons (Fsp3) is 0.348. The van der Waals surface area contributed by atoms with Crippen molar-refractivity contribution in [1.29, 1.82) is 0 Å². The molecule has 1 aliphatic heterocycles. The molecule has 1 N–H and O–H groups in total. The number of hydrogen-bond acceptors (Lipinski definition) is 6. The molecule has 1 fully saturated rings. The number of ether oxygens (including phenoxy) is 3. The van der Waals surface area contributed by atoms with Gasteiger partial charge in [-0.1, -0.05) is 24.3 Å². The minimum Gasteiger partial charge on any atom is -0.457 e. The van der Waals surface area contributed by atoms with E-state index >= 15 is 0 Å². The lowest BCUT2D eigenvalue weighted by atomic mass is 10.1. The highest BCUT2D eigenvalue weighted by molar-refractivity contribution is 5.91. The quantitative estimate of drug-likeness (QED) is 0.682. The number of para-hydroxylation sites is 1. The van der Waals surface area contributed by atoms with E-state index in [-0.39, 0.29) is 24.6 Å². The lowest BCUT2D eigenvalue weighted by Gasteiger charge is -2.31. The van der Waals surface area contributed by atoms with Crippen LogP contribution in [0.25, 0.3) is 0 Å². The van der Waals surface area contributed by atoms with Crippen molar-refractivity contribution in [1.82, 2.24) is 10.2 Å². The number of nitrogens with zero attached hydrogens (tertiary/aromatic N) is 1. The number of benzene rings is 2. The van der Waals surface area contributed by atoms with Crippen molar-refractivity contribution in [3.05, 3.63) is 60.2 Å². The summed E-state index contributed by atoms with van der Waals surface area (Å²) >= 11 is 0. The molecule has 0 unspecified atom stereocenters. The Morgan fingerprint density at radius 3 is 2.39 bits per heavy atom. The predicted molar refractivity (Wildman–Crippen MR) is 113 cm³/mol. The Labute approximate surface area is 181 Å². The van der Waals surface area contributed by atoms with Crippen LogP contribution >= 0.6 is 0 Å². The van der Waals surface area contributed by atoms with E-state index in [1.807, 2.05) is 30.3 Å². The summed E-state index contributed by atoms with van der Waals surface area (Å²) in [6.45, 7) is 2.75. The maximum absolute atomic E-state index is 12.3. The normalized spacial score (nSPS) is 13.9. The van der Waals surface area contributed by atoms with E-state index in [1.165, 1.54) is 0 Å². The van der Waals surface area contributed by atoms with Crippen LogP contribution in [0.3, 0.4) is 0 Å². The number of likely N-dealkylation sites (tertiary alicyclic amines) is 1. The molecular formula is C23H26N2O6. The summed E-state index contributed by atoms with van der Waals surface area (Å²) in [5.41, 5.74) is 0.295. The van der Waals surface area contributed by atoms with Gasteiger partial charge in [-0.05, 0) is 50.1 Å². The molecule has 0 radical (unpaired) electrons. The smallest absolute Gasteiger partial charge is 0.409 e. The molecule has 8 heteroatoms. The molecular weight excluding hydrogens is 400 g/mol. The first-order valence-electron chi connectivity index (χ1n) is 10.3. The van der Waals surface area contributed by atoms with Crippen LogP contribution in [0.1, 0.15) is 30.1 Å². The molecule has 0 aliphatic carbocycles. The number of hydrogen-bond donors (Lipinski definition) is 1. The second-order valence-electron chi connectivity index (χ2n) is 7.05. The minimum absolute atomic E-state index is 0.0699. The van der Waals surface area contributed by atoms with Crippen molar-refractivity contribution in [2.45, 2.75) is 25.8 Å². The van der Waals surface area contributed by atoms with Gasteiger partial charge in [0, 0.05) is 19.1 Å². The van der Waals surface area contributed by atoms with Crippen LogP contribution in [0.5, 0.6) is 11.5 Å². The second-order valence-corrected chi connectivity index (χ2v) is 7.05. The van der Waals surface area contributed by atoms with Crippen LogP contribution < -0.4 is 10.1 Å². The van der Waals surface area contributed by atoms with Gasteiger partial charge in [0.25, 0.3) is 5.91 Å². The fourth-order valence-corrected chi connectivity index (χ4v) is 3.22. The molecule has 164 valence electrons. The summed E-state index contributed by atoms with van der Waals surface area (Å²) < 4.78 is 15.8. The molecule has 1 aliphatic rings. The SMILES string of the molecule is CCOC(=O)N1CCC(NC(=O)COC(=O)c2cccc(Oc3ccccc3)c2)CC1. The number of rotatable bonds is 7. The van der Waals surface area contributed by atoms with Crippen LogP contribution in [-0.2, 0) is 14.3 Å². The summed E-state index contributed by atoms with van der Waals surface area (Å²) in [7, 11) is 0. The Balaban J connectivity index is 1.43. The molecule has 2 amide bonds. The molecule has 3 rings (SSSR count). The predicted octanol–water partition coefficient (Wildman–Crippen LogP) is 3.37. The van der Waals surface area contributed by atoms with Crippen molar-refractivity contribution < 1.29 is 28.6 Å². The van der Waals surface area contributed by atoms with E-state index in [0.29, 0.717) is 49.6 Å². The van der Waals surface area contributed by atoms with Gasteiger partial charge in [0.15, 0.2) is 6.61 Å². The average Bonchev–Trinajstić information content (AvgIpc) is 2.79. The molecule has 2 aromatic carbocycles. The van der Waals surface area contributed by atoms with Gasteiger partial charge >= 0.3 is 12.1 Å². The van der Waals surface area contributed by atoms with E-state index in [1.54, 1.807) is 36.1 Å². The van der Waals surface area contributed by atoms with E-state index in [9.17, 15) is 14.4 Å². The van der Waals surface area contributed by atoms with Gasteiger partial charge in [0.1, 0.15) is 11.5 Å². The lowest BCUT2D eigenvalue weighted by Crippen LogP contribution is -2.47. The minimum atomic E-state index is -0.606. The van der Waals surface area contributed by atoms with Gasteiger partial charge in [0.05, 0.1) is 12.2 Å². The largest absolute Gasteiger partial charge is 0.457 e. The van der Waals surface area contributed by atoms with Crippen LogP contribution in [0.4, 0.5) is 4.79 Å². The molecule has 2 aromatic rings. The van der Waals surface area contributed by atoms with Crippen molar-refractivity contribution in [3.8, 4) is 11.5 Å². The van der Waals surface area contributed by atoms with Crippen molar-refractivity contribution in [2.75, 3.05) is 26.3 Å². The molecule has 0 bridgehead atoms. The molecule has 0 atom stereocenters. The van der Waals surface area contributed by atoms with Gasteiger partial charge in [-0.3, -0.25) is 4.79 Å². The third-order valence-corrected chi connectivity index (χ3v) is 4.77. The van der Waals surface area contributed by atoms with E-state index in [0.717, 1.165) is 0 Å². The van der Waals surface area contributed by atoms with Gasteiger partial charge < -0.3 is 24.4 Å². The van der Waals surface area contributed by atoms with Crippen molar-refractivity contribution in [2.24, 2.45) is 0 Å². The zero-order valence-corrected chi connectivity index (χ0v) is 17.4. The molecule has 0 spiro atoms. The third kappa shape index (κ3) is 6.74. The number of amides is 2. The molecule has 0 saturated carbocycles. The summed E-state index contributed by atoms with van der Waals surface area (Å²) in [6.07, 6.45) is 0.911. The molecule has 31 heavy (non-hydrogen) atoms. The van der Waals surface area contributed by atoms with Crippen molar-refractivity contribution >= 4 is 18.0 Å². The van der Waals surface area contributed by atoms with Gasteiger partial charge in [-0.25, -0.2) is 9.59 Å². The highest BCUT2D eigenvalue weighted by atomic mass is 16.6. The maximum atomic E-state index is 12.3. The van der Waals surface area contributed by atoms with E-state index in [4.69, 9.17) is 14.2 Å². The zero-order valence-electron chi connectivity index (χ0n) is 17.4. The monoisotopic (exact) mass is 426 g/mol. The number of nitrogens with one attached hydrogen (secondary N) is 1. The Bertz CT molecular complexity index is 894. The molecule has 1 heterocycles. The summed E-state index contributed by atoms with van der Waals surface area (Å²) in [4.78, 5) is 37.8. The molecule has 1 saturated heterocycles. The van der Waals surface area contributed by atoms with Crippen LogP contribution in [0, 0.1) is 0 Å². The molecule has 0 aromatic heterocycles. The first-order valence-corrected chi connectivity index (χ1v) is 10.3. The van der Waals surface area contributed by atoms with Gasteiger partial charge in [-0.15, -0.1) is 0 Å². The highest BCUT2D eigenvalue weighted by Gasteiger charge is 2.24. The molecule has 8 nitrogen and oxygen atoms in total. The van der Waals surface area contributed by atoms with Crippen LogP contribution in [0.15, 0.2) is 54.6 Å². The van der Waals surface area contributed by atoms with Gasteiger partial charge in [-0.2, -0.15) is 0 Å². The number of carbonyl (C=O) groups is 3. The summed E-state index contributed by atoms with van der Waals surface area (Å²) in [5, 5.41) is 2.84. The Morgan fingerprint density at radius 2 is 1.68 bits per heavy atom. The van der Waals surface area contributed by atoms with Gasteiger partial charge in [0.2, 0.25) is 0 Å². The van der Waals surface area contributed by atoms with Crippen LogP contribution in [-0.4, -0.2) is 55.2 Å². The Hall–Kier alpha value is -3.55. The zero-order chi connectivity index (χ0) is 22.1. The first kappa shape index (κ1) is 22.1. The summed E-state index contributed by atoms with van der Waals surface area (Å²) in [6, 6.07) is 15.7. The number of carbonyl (C=O) groups excluding carboxylic acids is 3. The average molecular weight is 426 g/mol. The van der Waals surface area contributed by atoms with Crippen molar-refractivity contribution in [3.63, 3.8) is 0 Å². The third-order valence-electron chi connectivity index (χ3n) is 4.77. The van der Waals surface area contributed by atoms with Crippen LogP contribution in [0.2, 0.25) is 0 Å². The Kier molecular flexibility index (Phi) is 7.86.